The van der Waals surface area contributed by atoms with Crippen LogP contribution in [0.2, 0.25) is 0 Å². The minimum atomic E-state index is -0.979. The molecule has 0 bridgehead atoms. The summed E-state index contributed by atoms with van der Waals surface area (Å²) in [6, 6.07) is 5.23. The van der Waals surface area contributed by atoms with Crippen LogP contribution in [0.4, 0.5) is 5.69 Å². The van der Waals surface area contributed by atoms with E-state index in [1.165, 1.54) is 12.1 Å². The average molecular weight is 329 g/mol. The first kappa shape index (κ1) is 17.9. The first-order valence-electron chi connectivity index (χ1n) is 6.53. The molecule has 0 spiro atoms. The number of esters is 3. The van der Waals surface area contributed by atoms with Gasteiger partial charge in [-0.25, -0.2) is 4.79 Å². The van der Waals surface area contributed by atoms with Gasteiger partial charge in [-0.1, -0.05) is 12.1 Å². The highest BCUT2D eigenvalue weighted by Crippen LogP contribution is 2.12. The highest BCUT2D eigenvalue weighted by Gasteiger charge is 2.19. The molecule has 0 aliphatic rings. The molecule has 1 atom stereocenters. The summed E-state index contributed by atoms with van der Waals surface area (Å²) in [7, 11) is 0. The van der Waals surface area contributed by atoms with Crippen LogP contribution in [0.3, 0.4) is 0 Å². The predicted octanol–water partition coefficient (Wildman–Crippen LogP) is 0.842. The van der Waals surface area contributed by atoms with Gasteiger partial charge in [-0.05, 0) is 18.6 Å². The van der Waals surface area contributed by atoms with E-state index in [2.05, 4.69) is 4.74 Å². The van der Waals surface area contributed by atoms with Crippen LogP contribution in [-0.2, 0) is 19.1 Å². The summed E-state index contributed by atoms with van der Waals surface area (Å²) in [5.41, 5.74) is 11.5. The number of halogens is 1. The maximum Gasteiger partial charge on any atom is 0.347 e. The number of carbonyl (C=O) groups excluding carboxylic acids is 3. The van der Waals surface area contributed by atoms with Crippen molar-refractivity contribution in [3.63, 3.8) is 0 Å². The first-order chi connectivity index (χ1) is 10.5. The topological polar surface area (TPSA) is 122 Å². The van der Waals surface area contributed by atoms with Crippen LogP contribution in [0.5, 0.6) is 0 Å². The summed E-state index contributed by atoms with van der Waals surface area (Å²) in [4.78, 5) is 34.7. The van der Waals surface area contributed by atoms with Gasteiger partial charge in [-0.2, -0.15) is 0 Å². The minimum absolute atomic E-state index is 0.00248. The molecule has 22 heavy (non-hydrogen) atoms. The zero-order valence-electron chi connectivity index (χ0n) is 11.8. The molecule has 0 radical (unpaired) electrons. The monoisotopic (exact) mass is 328 g/mol. The van der Waals surface area contributed by atoms with E-state index < -0.39 is 23.9 Å². The standard InChI is InChI=1S/C14H17ClN2O5/c15-7-8-21-14(20)11(17)5-6-12(18)22-13(19)9-3-1-2-4-10(9)16/h1-4,11H,5-8,16-17H2/t11-/m0/s1. The lowest BCUT2D eigenvalue weighted by Gasteiger charge is -2.10. The number of ether oxygens (including phenoxy) is 2. The van der Waals surface area contributed by atoms with E-state index >= 15 is 0 Å². The molecule has 0 amide bonds. The van der Waals surface area contributed by atoms with E-state index in [-0.39, 0.29) is 36.6 Å². The zero-order chi connectivity index (χ0) is 16.5. The third-order valence-electron chi connectivity index (χ3n) is 2.67. The van der Waals surface area contributed by atoms with E-state index in [0.717, 1.165) is 0 Å². The highest BCUT2D eigenvalue weighted by molar-refractivity contribution is 6.18. The summed E-state index contributed by atoms with van der Waals surface area (Å²) >= 11 is 5.37. The molecule has 0 aliphatic carbocycles. The van der Waals surface area contributed by atoms with Gasteiger partial charge in [0.1, 0.15) is 12.6 Å². The fourth-order valence-electron chi connectivity index (χ4n) is 1.53. The van der Waals surface area contributed by atoms with Crippen molar-refractivity contribution in [2.24, 2.45) is 5.73 Å². The third kappa shape index (κ3) is 5.71. The van der Waals surface area contributed by atoms with Gasteiger partial charge in [0.05, 0.1) is 11.4 Å². The molecule has 0 heterocycles. The first-order valence-corrected chi connectivity index (χ1v) is 7.07. The number of carbonyl (C=O) groups is 3. The fourth-order valence-corrected chi connectivity index (χ4v) is 1.61. The fraction of sp³-hybridized carbons (Fsp3) is 0.357. The molecule has 0 unspecified atom stereocenters. The Morgan fingerprint density at radius 3 is 2.55 bits per heavy atom. The molecular formula is C14H17ClN2O5. The van der Waals surface area contributed by atoms with Gasteiger partial charge in [0, 0.05) is 12.1 Å². The molecule has 0 aliphatic heterocycles. The van der Waals surface area contributed by atoms with Crippen molar-refractivity contribution in [3.05, 3.63) is 29.8 Å². The predicted molar refractivity (Wildman–Crippen MR) is 80.2 cm³/mol. The summed E-state index contributed by atoms with van der Waals surface area (Å²) in [5.74, 6) is -2.14. The molecule has 1 rings (SSSR count). The number of hydrogen-bond donors (Lipinski definition) is 2. The molecular weight excluding hydrogens is 312 g/mol. The Morgan fingerprint density at radius 2 is 1.91 bits per heavy atom. The normalized spacial score (nSPS) is 11.5. The summed E-state index contributed by atoms with van der Waals surface area (Å²) in [6.45, 7) is 0.0459. The minimum Gasteiger partial charge on any atom is -0.463 e. The molecule has 0 saturated carbocycles. The Morgan fingerprint density at radius 1 is 1.23 bits per heavy atom. The molecule has 0 fully saturated rings. The number of hydrogen-bond acceptors (Lipinski definition) is 7. The molecule has 0 saturated heterocycles. The quantitative estimate of drug-likeness (QED) is 0.329. The maximum absolute atomic E-state index is 11.7. The SMILES string of the molecule is Nc1ccccc1C(=O)OC(=O)CC[C@H](N)C(=O)OCCCl. The summed E-state index contributed by atoms with van der Waals surface area (Å²) in [6.07, 6.45) is -0.201. The van der Waals surface area contributed by atoms with Crippen molar-refractivity contribution >= 4 is 35.2 Å². The van der Waals surface area contributed by atoms with E-state index in [9.17, 15) is 14.4 Å². The number of nitrogen functional groups attached to an aromatic ring is 1. The van der Waals surface area contributed by atoms with Crippen LogP contribution in [-0.4, -0.2) is 36.4 Å². The summed E-state index contributed by atoms with van der Waals surface area (Å²) < 4.78 is 9.36. The Bertz CT molecular complexity index is 550. The number of para-hydroxylation sites is 1. The van der Waals surface area contributed by atoms with Gasteiger partial charge in [0.2, 0.25) is 0 Å². The maximum atomic E-state index is 11.7. The van der Waals surface area contributed by atoms with Crippen molar-refractivity contribution in [3.8, 4) is 0 Å². The van der Waals surface area contributed by atoms with Crippen LogP contribution in [0.15, 0.2) is 24.3 Å². The number of rotatable bonds is 7. The molecule has 1 aromatic rings. The number of nitrogens with two attached hydrogens (primary N) is 2. The lowest BCUT2D eigenvalue weighted by molar-refractivity contribution is -0.145. The number of alkyl halides is 1. The lowest BCUT2D eigenvalue weighted by atomic mass is 10.1. The Hall–Kier alpha value is -2.12. The van der Waals surface area contributed by atoms with Crippen LogP contribution in [0, 0.1) is 0 Å². The van der Waals surface area contributed by atoms with Crippen molar-refractivity contribution in [1.29, 1.82) is 0 Å². The Kier molecular flexibility index (Phi) is 7.34. The molecule has 1 aromatic carbocycles. The van der Waals surface area contributed by atoms with E-state index in [4.69, 9.17) is 27.8 Å². The van der Waals surface area contributed by atoms with Crippen LogP contribution < -0.4 is 11.5 Å². The van der Waals surface area contributed by atoms with E-state index in [1.807, 2.05) is 0 Å². The van der Waals surface area contributed by atoms with Crippen LogP contribution in [0.1, 0.15) is 23.2 Å². The van der Waals surface area contributed by atoms with E-state index in [0.29, 0.717) is 0 Å². The second-order valence-corrected chi connectivity index (χ2v) is 4.73. The van der Waals surface area contributed by atoms with Gasteiger partial charge in [0.15, 0.2) is 0 Å². The van der Waals surface area contributed by atoms with Gasteiger partial charge < -0.3 is 20.9 Å². The van der Waals surface area contributed by atoms with E-state index in [1.54, 1.807) is 12.1 Å². The van der Waals surface area contributed by atoms with Crippen molar-refractivity contribution < 1.29 is 23.9 Å². The van der Waals surface area contributed by atoms with Gasteiger partial charge >= 0.3 is 17.9 Å². The smallest absolute Gasteiger partial charge is 0.347 e. The highest BCUT2D eigenvalue weighted by atomic mass is 35.5. The van der Waals surface area contributed by atoms with Crippen molar-refractivity contribution in [2.45, 2.75) is 18.9 Å². The van der Waals surface area contributed by atoms with Gasteiger partial charge in [-0.15, -0.1) is 11.6 Å². The second-order valence-electron chi connectivity index (χ2n) is 4.35. The van der Waals surface area contributed by atoms with Crippen LogP contribution >= 0.6 is 11.6 Å². The Balaban J connectivity index is 2.42. The molecule has 120 valence electrons. The summed E-state index contributed by atoms with van der Waals surface area (Å²) in [5, 5.41) is 0. The van der Waals surface area contributed by atoms with Crippen LogP contribution in [0.25, 0.3) is 0 Å². The second kappa shape index (κ2) is 9.01. The Labute approximate surface area is 132 Å². The largest absolute Gasteiger partial charge is 0.463 e. The zero-order valence-corrected chi connectivity index (χ0v) is 12.5. The number of anilines is 1. The average Bonchev–Trinajstić information content (AvgIpc) is 2.50. The lowest BCUT2D eigenvalue weighted by Crippen LogP contribution is -2.33. The molecule has 7 nitrogen and oxygen atoms in total. The molecule has 8 heteroatoms. The van der Waals surface area contributed by atoms with Crippen molar-refractivity contribution in [2.75, 3.05) is 18.2 Å². The van der Waals surface area contributed by atoms with Gasteiger partial charge in [0.25, 0.3) is 0 Å². The third-order valence-corrected chi connectivity index (χ3v) is 2.83. The molecule has 4 N–H and O–H groups in total. The number of benzene rings is 1. The van der Waals surface area contributed by atoms with Crippen molar-refractivity contribution in [1.82, 2.24) is 0 Å². The van der Waals surface area contributed by atoms with Gasteiger partial charge in [-0.3, -0.25) is 9.59 Å². The molecule has 0 aromatic heterocycles.